The molecule has 0 aromatic carbocycles. The van der Waals surface area contributed by atoms with Gasteiger partial charge >= 0.3 is 0 Å². The molecule has 0 aliphatic rings. The lowest BCUT2D eigenvalue weighted by molar-refractivity contribution is 0.0883. The van der Waals surface area contributed by atoms with Crippen LogP contribution in [-0.2, 0) is 4.43 Å². The monoisotopic (exact) mass is 398 g/mol. The van der Waals surface area contributed by atoms with Crippen molar-refractivity contribution in [3.05, 3.63) is 12.7 Å². The Labute approximate surface area is 131 Å². The third-order valence-corrected chi connectivity index (χ3v) is 9.23. The van der Waals surface area contributed by atoms with Crippen LogP contribution < -0.4 is 0 Å². The molecule has 0 saturated heterocycles. The van der Waals surface area contributed by atoms with E-state index in [2.05, 4.69) is 86.2 Å². The first-order chi connectivity index (χ1) is 7.83. The van der Waals surface area contributed by atoms with Gasteiger partial charge in [0.2, 0.25) is 0 Å². The molecule has 0 amide bonds. The van der Waals surface area contributed by atoms with E-state index in [0.717, 1.165) is 6.42 Å². The summed E-state index contributed by atoms with van der Waals surface area (Å²) in [6.45, 7) is 19.8. The predicted octanol–water partition coefficient (Wildman–Crippen LogP) is 6.10. The quantitative estimate of drug-likeness (QED) is 0.298. The molecule has 0 spiro atoms. The van der Waals surface area contributed by atoms with E-state index >= 15 is 0 Å². The minimum Gasteiger partial charge on any atom is -0.413 e. The van der Waals surface area contributed by atoms with Crippen LogP contribution in [0.15, 0.2) is 12.7 Å². The molecule has 0 N–H and O–H groups in total. The van der Waals surface area contributed by atoms with Crippen LogP contribution in [0.1, 0.15) is 41.0 Å². The fourth-order valence-corrected chi connectivity index (χ4v) is 3.47. The molecule has 0 saturated carbocycles. The van der Waals surface area contributed by atoms with Crippen molar-refractivity contribution >= 4 is 40.2 Å². The lowest BCUT2D eigenvalue weighted by atomic mass is 9.85. The second kappa shape index (κ2) is 6.55. The van der Waals surface area contributed by atoms with Crippen molar-refractivity contribution in [2.45, 2.75) is 69.0 Å². The first-order valence-corrected chi connectivity index (χ1v) is 11.2. The largest absolute Gasteiger partial charge is 0.413 e. The average Bonchev–Trinajstić information content (AvgIpc) is 2.13. The fraction of sp³-hybridized carbons (Fsp3) is 0.857. The molecule has 0 aliphatic heterocycles. The van der Waals surface area contributed by atoms with Gasteiger partial charge in [-0.25, -0.2) is 0 Å². The Kier molecular flexibility index (Phi) is 6.87. The molecule has 0 bridgehead atoms. The van der Waals surface area contributed by atoms with Crippen LogP contribution in [0.25, 0.3) is 0 Å². The van der Waals surface area contributed by atoms with Gasteiger partial charge in [-0.05, 0) is 24.6 Å². The minimum absolute atomic E-state index is 0.0185. The lowest BCUT2D eigenvalue weighted by Gasteiger charge is -2.43. The average molecular weight is 400 g/mol. The van der Waals surface area contributed by atoms with Gasteiger partial charge in [0.05, 0.1) is 9.84 Å². The number of hydrogen-bond acceptors (Lipinski definition) is 1. The van der Waals surface area contributed by atoms with Gasteiger partial charge in [0.1, 0.15) is 0 Å². The molecule has 0 rings (SSSR count). The van der Waals surface area contributed by atoms with Crippen molar-refractivity contribution in [1.82, 2.24) is 0 Å². The maximum atomic E-state index is 6.58. The second-order valence-electron chi connectivity index (χ2n) is 7.02. The Balaban J connectivity index is 5.08. The zero-order valence-corrected chi connectivity index (χ0v) is 17.0. The zero-order valence-electron chi connectivity index (χ0n) is 12.8. The van der Waals surface area contributed by atoms with E-state index in [-0.39, 0.29) is 20.3 Å². The molecular weight excluding hydrogens is 372 g/mol. The Hall–Kier alpha value is 0.877. The summed E-state index contributed by atoms with van der Waals surface area (Å²) >= 11 is 7.14. The van der Waals surface area contributed by atoms with Crippen LogP contribution >= 0.6 is 31.9 Å². The topological polar surface area (TPSA) is 9.23 Å². The van der Waals surface area contributed by atoms with Crippen LogP contribution in [0.3, 0.4) is 0 Å². The van der Waals surface area contributed by atoms with Crippen molar-refractivity contribution < 1.29 is 4.43 Å². The highest BCUT2D eigenvalue weighted by molar-refractivity contribution is 9.24. The van der Waals surface area contributed by atoms with Gasteiger partial charge < -0.3 is 4.43 Å². The van der Waals surface area contributed by atoms with Gasteiger partial charge in [-0.2, -0.15) is 0 Å². The Bertz CT molecular complexity index is 280. The maximum Gasteiger partial charge on any atom is 0.192 e. The number of halogens is 2. The van der Waals surface area contributed by atoms with Crippen molar-refractivity contribution in [2.75, 3.05) is 0 Å². The highest BCUT2D eigenvalue weighted by Gasteiger charge is 2.42. The van der Waals surface area contributed by atoms with Crippen molar-refractivity contribution in [3.63, 3.8) is 0 Å². The van der Waals surface area contributed by atoms with E-state index in [1.54, 1.807) is 0 Å². The third-order valence-electron chi connectivity index (χ3n) is 3.99. The van der Waals surface area contributed by atoms with Crippen molar-refractivity contribution in [3.8, 4) is 0 Å². The molecular formula is C14H28Br2OSi. The molecule has 1 unspecified atom stereocenters. The van der Waals surface area contributed by atoms with Gasteiger partial charge in [0, 0.05) is 5.41 Å². The summed E-state index contributed by atoms with van der Waals surface area (Å²) in [5, 5.41) is 0.233. The molecule has 0 radical (unpaired) electrons. The summed E-state index contributed by atoms with van der Waals surface area (Å²) in [7, 11) is -1.75. The third kappa shape index (κ3) is 5.47. The summed E-state index contributed by atoms with van der Waals surface area (Å²) in [5.74, 6) is 0. The van der Waals surface area contributed by atoms with Gasteiger partial charge in [0.25, 0.3) is 0 Å². The zero-order chi connectivity index (χ0) is 14.8. The van der Waals surface area contributed by atoms with Crippen LogP contribution in [0.4, 0.5) is 0 Å². The molecule has 0 aliphatic carbocycles. The van der Waals surface area contributed by atoms with Crippen LogP contribution in [0.2, 0.25) is 18.1 Å². The Morgan fingerprint density at radius 1 is 1.17 bits per heavy atom. The smallest absolute Gasteiger partial charge is 0.192 e. The molecule has 0 heterocycles. The van der Waals surface area contributed by atoms with E-state index in [4.69, 9.17) is 4.43 Å². The highest BCUT2D eigenvalue weighted by atomic mass is 79.9. The number of rotatable bonds is 6. The summed E-state index contributed by atoms with van der Waals surface area (Å²) in [6, 6.07) is 0. The summed E-state index contributed by atoms with van der Waals surface area (Å²) in [4.78, 5) is 0. The first-order valence-electron chi connectivity index (χ1n) is 6.43. The van der Waals surface area contributed by atoms with Gasteiger partial charge in [-0.3, -0.25) is 0 Å². The molecule has 1 atom stereocenters. The summed E-state index contributed by atoms with van der Waals surface area (Å²) in [5.41, 5.74) is -0.0185. The molecule has 0 aromatic heterocycles. The van der Waals surface area contributed by atoms with E-state index in [1.165, 1.54) is 0 Å². The molecule has 18 heavy (non-hydrogen) atoms. The van der Waals surface area contributed by atoms with E-state index in [1.807, 2.05) is 6.08 Å². The molecule has 0 fully saturated rings. The maximum absolute atomic E-state index is 6.58. The van der Waals surface area contributed by atoms with E-state index in [0.29, 0.717) is 0 Å². The number of alkyl halides is 2. The summed E-state index contributed by atoms with van der Waals surface area (Å²) in [6.07, 6.45) is 3.12. The SMILES string of the molecule is C=CC(C)(C)C(CC(Br)Br)O[Si](C)(C)C(C)(C)C. The fourth-order valence-electron chi connectivity index (χ4n) is 1.33. The highest BCUT2D eigenvalue weighted by Crippen LogP contribution is 2.41. The van der Waals surface area contributed by atoms with Crippen LogP contribution in [0.5, 0.6) is 0 Å². The minimum atomic E-state index is -1.75. The molecule has 108 valence electrons. The van der Waals surface area contributed by atoms with Gasteiger partial charge in [-0.15, -0.1) is 6.58 Å². The van der Waals surface area contributed by atoms with Gasteiger partial charge in [-0.1, -0.05) is 72.6 Å². The van der Waals surface area contributed by atoms with Crippen molar-refractivity contribution in [2.24, 2.45) is 5.41 Å². The first kappa shape index (κ1) is 18.9. The molecule has 1 nitrogen and oxygen atoms in total. The van der Waals surface area contributed by atoms with Crippen LogP contribution in [-0.4, -0.2) is 18.2 Å². The van der Waals surface area contributed by atoms with Gasteiger partial charge in [0.15, 0.2) is 8.32 Å². The van der Waals surface area contributed by atoms with Crippen LogP contribution in [0, 0.1) is 5.41 Å². The van der Waals surface area contributed by atoms with E-state index < -0.39 is 8.32 Å². The standard InChI is InChI=1S/C14H28Br2OSi/c1-9-14(5,6)11(10-12(15)16)17-18(7,8)13(2,3)4/h9,11-12H,1,10H2,2-8H3. The van der Waals surface area contributed by atoms with Crippen molar-refractivity contribution in [1.29, 1.82) is 0 Å². The number of hydrogen-bond donors (Lipinski definition) is 0. The predicted molar refractivity (Wildman–Crippen MR) is 92.3 cm³/mol. The lowest BCUT2D eigenvalue weighted by Crippen LogP contribution is -2.47. The Morgan fingerprint density at radius 2 is 1.61 bits per heavy atom. The molecule has 0 aromatic rings. The Morgan fingerprint density at radius 3 is 1.89 bits per heavy atom. The van der Waals surface area contributed by atoms with E-state index in [9.17, 15) is 0 Å². The molecule has 4 heteroatoms. The summed E-state index contributed by atoms with van der Waals surface area (Å²) < 4.78 is 6.85. The normalized spacial score (nSPS) is 15.9. The second-order valence-corrected chi connectivity index (χ2v) is 15.2.